The van der Waals surface area contributed by atoms with Gasteiger partial charge in [-0.15, -0.1) is 6.42 Å². The number of aliphatic hydroxyl groups excluding tert-OH is 2. The molecule has 0 amide bonds. The average Bonchev–Trinajstić information content (AvgIpc) is 2.95. The van der Waals surface area contributed by atoms with Gasteiger partial charge in [0.1, 0.15) is 18.0 Å². The highest BCUT2D eigenvalue weighted by Gasteiger charge is 2.55. The molecule has 2 aromatic rings. The second kappa shape index (κ2) is 5.06. The van der Waals surface area contributed by atoms with Gasteiger partial charge in [-0.1, -0.05) is 5.92 Å². The third-order valence-electron chi connectivity index (χ3n) is 4.02. The zero-order chi connectivity index (χ0) is 16.9. The molecule has 3 rings (SSSR count). The van der Waals surface area contributed by atoms with E-state index in [-0.39, 0.29) is 17.4 Å². The molecule has 0 spiro atoms. The number of anilines is 2. The van der Waals surface area contributed by atoms with Crippen molar-refractivity contribution in [1.29, 1.82) is 0 Å². The molecule has 0 bridgehead atoms. The number of hydrogen-bond donors (Lipinski definition) is 4. The minimum Gasteiger partial charge on any atom is -0.394 e. The van der Waals surface area contributed by atoms with Gasteiger partial charge in [-0.3, -0.25) is 0 Å². The van der Waals surface area contributed by atoms with E-state index in [1.807, 2.05) is 0 Å². The van der Waals surface area contributed by atoms with Crippen molar-refractivity contribution in [1.82, 2.24) is 14.5 Å². The first kappa shape index (κ1) is 15.5. The standard InChI is InChI=1S/C14H16FN5O3/c1-3-6-4-20(11-8(6)10(16)18-13(17)19-11)12-14(2,15)9(22)7(5-21)23-12/h1,4,7,9,12,21-22H,5H2,2H3,(H4,16,17,18,19)/t7-,9-,12-,14-/m1/s1. The molecule has 3 heterocycles. The van der Waals surface area contributed by atoms with Gasteiger partial charge in [0, 0.05) is 6.20 Å². The number of hydrogen-bond acceptors (Lipinski definition) is 7. The van der Waals surface area contributed by atoms with Crippen LogP contribution in [0.15, 0.2) is 6.20 Å². The van der Waals surface area contributed by atoms with Gasteiger partial charge in [0.25, 0.3) is 0 Å². The minimum atomic E-state index is -2.18. The maximum absolute atomic E-state index is 15.0. The van der Waals surface area contributed by atoms with Crippen molar-refractivity contribution >= 4 is 22.8 Å². The Hall–Kier alpha value is -2.41. The van der Waals surface area contributed by atoms with Gasteiger partial charge < -0.3 is 31.0 Å². The van der Waals surface area contributed by atoms with Crippen LogP contribution < -0.4 is 11.5 Å². The van der Waals surface area contributed by atoms with Gasteiger partial charge >= 0.3 is 0 Å². The van der Waals surface area contributed by atoms with Crippen molar-refractivity contribution in [3.63, 3.8) is 0 Å². The van der Waals surface area contributed by atoms with E-state index in [9.17, 15) is 14.6 Å². The monoisotopic (exact) mass is 321 g/mol. The van der Waals surface area contributed by atoms with Gasteiger partial charge in [-0.05, 0) is 6.92 Å². The number of nitrogens with zero attached hydrogens (tertiary/aromatic N) is 3. The van der Waals surface area contributed by atoms with Crippen molar-refractivity contribution in [2.45, 2.75) is 31.0 Å². The quantitative estimate of drug-likeness (QED) is 0.551. The number of nitrogen functional groups attached to an aromatic ring is 2. The fourth-order valence-corrected chi connectivity index (χ4v) is 2.84. The number of ether oxygens (including phenoxy) is 1. The number of aromatic nitrogens is 3. The van der Waals surface area contributed by atoms with Gasteiger partial charge in [-0.2, -0.15) is 9.97 Å². The Morgan fingerprint density at radius 2 is 2.22 bits per heavy atom. The summed E-state index contributed by atoms with van der Waals surface area (Å²) in [6, 6.07) is 0. The summed E-state index contributed by atoms with van der Waals surface area (Å²) in [6.07, 6.45) is 3.05. The molecule has 0 radical (unpaired) electrons. The second-order valence-corrected chi connectivity index (χ2v) is 5.57. The number of rotatable bonds is 2. The van der Waals surface area contributed by atoms with Gasteiger partial charge in [0.05, 0.1) is 17.6 Å². The molecule has 8 nitrogen and oxygen atoms in total. The first-order valence-corrected chi connectivity index (χ1v) is 6.84. The smallest absolute Gasteiger partial charge is 0.223 e. The third kappa shape index (κ3) is 2.11. The van der Waals surface area contributed by atoms with Crippen LogP contribution in [0, 0.1) is 12.3 Å². The third-order valence-corrected chi connectivity index (χ3v) is 4.02. The maximum atomic E-state index is 15.0. The van der Waals surface area contributed by atoms with Crippen molar-refractivity contribution in [2.75, 3.05) is 18.1 Å². The lowest BCUT2D eigenvalue weighted by atomic mass is 9.98. The highest BCUT2D eigenvalue weighted by atomic mass is 19.1. The minimum absolute atomic E-state index is 0.0667. The van der Waals surface area contributed by atoms with Gasteiger partial charge in [0.2, 0.25) is 5.95 Å². The number of alkyl halides is 1. The molecule has 1 aliphatic rings. The molecular weight excluding hydrogens is 305 g/mol. The lowest BCUT2D eigenvalue weighted by Gasteiger charge is -2.25. The first-order valence-electron chi connectivity index (χ1n) is 6.84. The van der Waals surface area contributed by atoms with E-state index >= 15 is 0 Å². The predicted octanol–water partition coefficient (Wildman–Crippen LogP) is -0.444. The molecule has 0 saturated carbocycles. The summed E-state index contributed by atoms with van der Waals surface area (Å²) in [4.78, 5) is 7.90. The average molecular weight is 321 g/mol. The molecule has 0 aromatic carbocycles. The Bertz CT molecular complexity index is 813. The zero-order valence-corrected chi connectivity index (χ0v) is 12.3. The Morgan fingerprint density at radius 3 is 2.78 bits per heavy atom. The molecule has 2 aromatic heterocycles. The highest BCUT2D eigenvalue weighted by Crippen LogP contribution is 2.43. The van der Waals surface area contributed by atoms with Gasteiger partial charge in [0.15, 0.2) is 17.5 Å². The van der Waals surface area contributed by atoms with E-state index in [0.29, 0.717) is 10.9 Å². The molecule has 4 atom stereocenters. The van der Waals surface area contributed by atoms with Crippen LogP contribution >= 0.6 is 0 Å². The summed E-state index contributed by atoms with van der Waals surface area (Å²) in [5, 5.41) is 19.6. The first-order chi connectivity index (χ1) is 10.8. The molecule has 6 N–H and O–H groups in total. The number of fused-ring (bicyclic) bond motifs is 1. The summed E-state index contributed by atoms with van der Waals surface area (Å²) < 4.78 is 21.7. The normalized spacial score (nSPS) is 30.7. The van der Waals surface area contributed by atoms with Crippen molar-refractivity contribution in [2.24, 2.45) is 0 Å². The number of nitrogens with two attached hydrogens (primary N) is 2. The summed E-state index contributed by atoms with van der Waals surface area (Å²) in [6.45, 7) is 0.644. The second-order valence-electron chi connectivity index (χ2n) is 5.57. The van der Waals surface area contributed by atoms with Crippen LogP contribution in [0.2, 0.25) is 0 Å². The van der Waals surface area contributed by atoms with E-state index in [1.54, 1.807) is 0 Å². The lowest BCUT2D eigenvalue weighted by molar-refractivity contribution is -0.0564. The number of halogens is 1. The fraction of sp³-hybridized carbons (Fsp3) is 0.429. The van der Waals surface area contributed by atoms with Crippen molar-refractivity contribution in [3.05, 3.63) is 11.8 Å². The summed E-state index contributed by atoms with van der Waals surface area (Å²) in [5.74, 6) is 2.39. The van der Waals surface area contributed by atoms with Crippen LogP contribution in [0.4, 0.5) is 16.2 Å². The summed E-state index contributed by atoms with van der Waals surface area (Å²) >= 11 is 0. The molecule has 1 saturated heterocycles. The van der Waals surface area contributed by atoms with Crippen LogP contribution in [-0.2, 0) is 4.74 Å². The van der Waals surface area contributed by atoms with Gasteiger partial charge in [-0.25, -0.2) is 4.39 Å². The Balaban J connectivity index is 2.23. The lowest BCUT2D eigenvalue weighted by Crippen LogP contribution is -2.40. The van der Waals surface area contributed by atoms with Crippen LogP contribution in [0.5, 0.6) is 0 Å². The van der Waals surface area contributed by atoms with Crippen LogP contribution in [0.1, 0.15) is 18.7 Å². The Morgan fingerprint density at radius 1 is 1.52 bits per heavy atom. The molecule has 9 heteroatoms. The van der Waals surface area contributed by atoms with Crippen LogP contribution in [0.3, 0.4) is 0 Å². The molecule has 122 valence electrons. The molecular formula is C14H16FN5O3. The fourth-order valence-electron chi connectivity index (χ4n) is 2.84. The van der Waals surface area contributed by atoms with E-state index < -0.39 is 30.7 Å². The van der Waals surface area contributed by atoms with Crippen molar-refractivity contribution < 1.29 is 19.3 Å². The Kier molecular flexibility index (Phi) is 3.40. The largest absolute Gasteiger partial charge is 0.394 e. The maximum Gasteiger partial charge on any atom is 0.223 e. The predicted molar refractivity (Wildman–Crippen MR) is 80.8 cm³/mol. The Labute approximate surface area is 130 Å². The number of terminal acetylenes is 1. The van der Waals surface area contributed by atoms with E-state index in [0.717, 1.165) is 0 Å². The van der Waals surface area contributed by atoms with E-state index in [1.165, 1.54) is 17.7 Å². The molecule has 1 fully saturated rings. The molecule has 23 heavy (non-hydrogen) atoms. The van der Waals surface area contributed by atoms with E-state index in [4.69, 9.17) is 22.6 Å². The van der Waals surface area contributed by atoms with Crippen LogP contribution in [-0.4, -0.2) is 49.2 Å². The summed E-state index contributed by atoms with van der Waals surface area (Å²) in [7, 11) is 0. The van der Waals surface area contributed by atoms with Crippen molar-refractivity contribution in [3.8, 4) is 12.3 Å². The summed E-state index contributed by atoms with van der Waals surface area (Å²) in [5.41, 5.74) is 9.79. The topological polar surface area (TPSA) is 132 Å². The van der Waals surface area contributed by atoms with E-state index in [2.05, 4.69) is 15.9 Å². The molecule has 0 unspecified atom stereocenters. The SMILES string of the molecule is C#Cc1cn([C@@H]2O[C@H](CO)[C@@H](O)[C@@]2(C)F)c2nc(N)nc(N)c12. The number of aliphatic hydroxyl groups is 2. The van der Waals surface area contributed by atoms with Crippen LogP contribution in [0.25, 0.3) is 11.0 Å². The molecule has 1 aliphatic heterocycles. The molecule has 0 aliphatic carbocycles. The zero-order valence-electron chi connectivity index (χ0n) is 12.3. The highest BCUT2D eigenvalue weighted by molar-refractivity contribution is 5.93.